The summed E-state index contributed by atoms with van der Waals surface area (Å²) in [5, 5.41) is 14.7. The summed E-state index contributed by atoms with van der Waals surface area (Å²) in [6.07, 6.45) is 1.94. The molecule has 0 saturated carbocycles. The van der Waals surface area contributed by atoms with E-state index in [1.807, 2.05) is 0 Å². The number of nitrogens with one attached hydrogen (secondary N) is 1. The molecule has 1 aliphatic heterocycles. The fourth-order valence-electron chi connectivity index (χ4n) is 2.41. The Morgan fingerprint density at radius 3 is 2.85 bits per heavy atom. The van der Waals surface area contributed by atoms with Crippen LogP contribution in [0.3, 0.4) is 0 Å². The van der Waals surface area contributed by atoms with Crippen LogP contribution in [0.1, 0.15) is 25.6 Å². The largest absolute Gasteiger partial charge is 0.383 e. The highest BCUT2D eigenvalue weighted by atomic mass is 16.5. The van der Waals surface area contributed by atoms with Gasteiger partial charge in [0.25, 0.3) is 0 Å². The molecule has 0 spiro atoms. The Balaban J connectivity index is 1.80. The topological polar surface area (TPSA) is 85.2 Å². The van der Waals surface area contributed by atoms with Crippen molar-refractivity contribution in [3.8, 4) is 0 Å². The predicted molar refractivity (Wildman–Crippen MR) is 71.8 cm³/mol. The zero-order valence-electron chi connectivity index (χ0n) is 12.1. The van der Waals surface area contributed by atoms with Gasteiger partial charge < -0.3 is 10.1 Å². The van der Waals surface area contributed by atoms with Crippen LogP contribution in [0.25, 0.3) is 0 Å². The molecule has 0 bridgehead atoms. The summed E-state index contributed by atoms with van der Waals surface area (Å²) in [5.74, 6) is 0.909. The second-order valence-electron chi connectivity index (χ2n) is 5.06. The standard InChI is InChI=1S/C12H22N6O2/c1-10(19)13-11-3-5-17(6-4-11)9-12-14-15-16-18(12)7-8-20-2/h11H,3-9H2,1-2H3,(H,13,19). The van der Waals surface area contributed by atoms with Crippen LogP contribution < -0.4 is 5.32 Å². The molecule has 2 rings (SSSR count). The first-order valence-electron chi connectivity index (χ1n) is 6.92. The number of piperidine rings is 1. The molecule has 1 aliphatic rings. The number of nitrogens with zero attached hydrogens (tertiary/aromatic N) is 5. The normalized spacial score (nSPS) is 17.3. The number of likely N-dealkylation sites (tertiary alicyclic amines) is 1. The van der Waals surface area contributed by atoms with E-state index in [1.165, 1.54) is 0 Å². The molecule has 0 radical (unpaired) electrons. The zero-order valence-corrected chi connectivity index (χ0v) is 12.1. The second-order valence-corrected chi connectivity index (χ2v) is 5.06. The van der Waals surface area contributed by atoms with Gasteiger partial charge in [-0.15, -0.1) is 5.10 Å². The van der Waals surface area contributed by atoms with Crippen molar-refractivity contribution in [2.45, 2.75) is 38.9 Å². The predicted octanol–water partition coefficient (Wildman–Crippen LogP) is -0.580. The SMILES string of the molecule is COCCn1nnnc1CN1CCC(NC(C)=O)CC1. The maximum absolute atomic E-state index is 11.0. The fourth-order valence-corrected chi connectivity index (χ4v) is 2.41. The minimum atomic E-state index is 0.0481. The average molecular weight is 282 g/mol. The molecular weight excluding hydrogens is 260 g/mol. The van der Waals surface area contributed by atoms with Gasteiger partial charge in [-0.3, -0.25) is 9.69 Å². The minimum absolute atomic E-state index is 0.0481. The number of aromatic nitrogens is 4. The number of carbonyl (C=O) groups is 1. The van der Waals surface area contributed by atoms with Crippen molar-refractivity contribution in [2.24, 2.45) is 0 Å². The quantitative estimate of drug-likeness (QED) is 0.751. The molecule has 20 heavy (non-hydrogen) atoms. The maximum atomic E-state index is 11.0. The van der Waals surface area contributed by atoms with Crippen LogP contribution in [0.15, 0.2) is 0 Å². The molecule has 2 heterocycles. The Morgan fingerprint density at radius 2 is 2.20 bits per heavy atom. The summed E-state index contributed by atoms with van der Waals surface area (Å²) < 4.78 is 6.82. The van der Waals surface area contributed by atoms with Crippen molar-refractivity contribution < 1.29 is 9.53 Å². The van der Waals surface area contributed by atoms with Gasteiger partial charge >= 0.3 is 0 Å². The van der Waals surface area contributed by atoms with E-state index in [-0.39, 0.29) is 5.91 Å². The lowest BCUT2D eigenvalue weighted by Gasteiger charge is -2.31. The molecule has 8 nitrogen and oxygen atoms in total. The third-order valence-electron chi connectivity index (χ3n) is 3.47. The van der Waals surface area contributed by atoms with E-state index in [0.29, 0.717) is 19.2 Å². The van der Waals surface area contributed by atoms with E-state index in [0.717, 1.165) is 38.3 Å². The van der Waals surface area contributed by atoms with E-state index >= 15 is 0 Å². The Labute approximate surface area is 118 Å². The highest BCUT2D eigenvalue weighted by Crippen LogP contribution is 2.12. The molecule has 8 heteroatoms. The van der Waals surface area contributed by atoms with Crippen LogP contribution in [0.4, 0.5) is 0 Å². The van der Waals surface area contributed by atoms with E-state index in [2.05, 4.69) is 25.7 Å². The van der Waals surface area contributed by atoms with Crippen molar-refractivity contribution in [1.82, 2.24) is 30.4 Å². The summed E-state index contributed by atoms with van der Waals surface area (Å²) in [6.45, 7) is 5.47. The number of amides is 1. The first kappa shape index (κ1) is 14.9. The Morgan fingerprint density at radius 1 is 1.45 bits per heavy atom. The van der Waals surface area contributed by atoms with Gasteiger partial charge in [0.05, 0.1) is 19.7 Å². The van der Waals surface area contributed by atoms with Crippen molar-refractivity contribution in [2.75, 3.05) is 26.8 Å². The fraction of sp³-hybridized carbons (Fsp3) is 0.833. The van der Waals surface area contributed by atoms with Crippen molar-refractivity contribution >= 4 is 5.91 Å². The molecule has 0 aromatic carbocycles. The van der Waals surface area contributed by atoms with Gasteiger partial charge in [0.1, 0.15) is 0 Å². The van der Waals surface area contributed by atoms with E-state index < -0.39 is 0 Å². The molecule has 0 aliphatic carbocycles. The zero-order chi connectivity index (χ0) is 14.4. The van der Waals surface area contributed by atoms with E-state index in [9.17, 15) is 4.79 Å². The first-order valence-corrected chi connectivity index (χ1v) is 6.92. The van der Waals surface area contributed by atoms with E-state index in [4.69, 9.17) is 4.74 Å². The molecule has 1 amide bonds. The molecular formula is C12H22N6O2. The van der Waals surface area contributed by atoms with Crippen LogP contribution in [0.5, 0.6) is 0 Å². The highest BCUT2D eigenvalue weighted by Gasteiger charge is 2.21. The smallest absolute Gasteiger partial charge is 0.217 e. The number of carbonyl (C=O) groups excluding carboxylic acids is 1. The van der Waals surface area contributed by atoms with Crippen molar-refractivity contribution in [3.63, 3.8) is 0 Å². The van der Waals surface area contributed by atoms with Crippen LogP contribution in [0, 0.1) is 0 Å². The monoisotopic (exact) mass is 282 g/mol. The van der Waals surface area contributed by atoms with Crippen LogP contribution in [0.2, 0.25) is 0 Å². The maximum Gasteiger partial charge on any atom is 0.217 e. The molecule has 1 fully saturated rings. The lowest BCUT2D eigenvalue weighted by Crippen LogP contribution is -2.43. The number of ether oxygens (including phenoxy) is 1. The summed E-state index contributed by atoms with van der Waals surface area (Å²) in [4.78, 5) is 13.3. The molecule has 1 aromatic heterocycles. The summed E-state index contributed by atoms with van der Waals surface area (Å²) in [6, 6.07) is 0.299. The highest BCUT2D eigenvalue weighted by molar-refractivity contribution is 5.73. The van der Waals surface area contributed by atoms with Gasteiger partial charge in [0.15, 0.2) is 5.82 Å². The molecule has 112 valence electrons. The van der Waals surface area contributed by atoms with Crippen LogP contribution >= 0.6 is 0 Å². The number of tetrazole rings is 1. The van der Waals surface area contributed by atoms with Crippen molar-refractivity contribution in [3.05, 3.63) is 5.82 Å². The van der Waals surface area contributed by atoms with E-state index in [1.54, 1.807) is 18.7 Å². The minimum Gasteiger partial charge on any atom is -0.383 e. The number of rotatable bonds is 6. The van der Waals surface area contributed by atoms with Gasteiger partial charge in [-0.1, -0.05) is 0 Å². The molecule has 0 atom stereocenters. The number of hydrogen-bond donors (Lipinski definition) is 1. The third kappa shape index (κ3) is 4.24. The van der Waals surface area contributed by atoms with Crippen LogP contribution in [-0.2, 0) is 22.6 Å². The van der Waals surface area contributed by atoms with Gasteiger partial charge in [0, 0.05) is 33.2 Å². The third-order valence-corrected chi connectivity index (χ3v) is 3.47. The van der Waals surface area contributed by atoms with Gasteiger partial charge in [-0.05, 0) is 23.3 Å². The first-order chi connectivity index (χ1) is 9.69. The molecule has 1 N–H and O–H groups in total. The summed E-state index contributed by atoms with van der Waals surface area (Å²) in [5.41, 5.74) is 0. The number of hydrogen-bond acceptors (Lipinski definition) is 6. The number of methoxy groups -OCH3 is 1. The summed E-state index contributed by atoms with van der Waals surface area (Å²) >= 11 is 0. The Bertz CT molecular complexity index is 427. The molecule has 1 aromatic rings. The Hall–Kier alpha value is -1.54. The average Bonchev–Trinajstić information content (AvgIpc) is 2.85. The lowest BCUT2D eigenvalue weighted by atomic mass is 10.1. The van der Waals surface area contributed by atoms with Gasteiger partial charge in [-0.25, -0.2) is 4.68 Å². The molecule has 0 unspecified atom stereocenters. The lowest BCUT2D eigenvalue weighted by molar-refractivity contribution is -0.119. The van der Waals surface area contributed by atoms with Crippen LogP contribution in [-0.4, -0.2) is 63.9 Å². The summed E-state index contributed by atoms with van der Waals surface area (Å²) in [7, 11) is 1.66. The van der Waals surface area contributed by atoms with Gasteiger partial charge in [-0.2, -0.15) is 0 Å². The second kappa shape index (κ2) is 7.30. The Kier molecular flexibility index (Phi) is 5.42. The molecule has 1 saturated heterocycles. The van der Waals surface area contributed by atoms with Crippen molar-refractivity contribution in [1.29, 1.82) is 0 Å². The van der Waals surface area contributed by atoms with Gasteiger partial charge in [0.2, 0.25) is 5.91 Å².